The lowest BCUT2D eigenvalue weighted by Gasteiger charge is -2.39. The first-order valence-corrected chi connectivity index (χ1v) is 16.2. The molecule has 4 N–H and O–H groups in total. The molecule has 3 aliphatic heterocycles. The lowest BCUT2D eigenvalue weighted by atomic mass is 9.86. The van der Waals surface area contributed by atoms with E-state index in [-0.39, 0.29) is 47.8 Å². The van der Waals surface area contributed by atoms with Crippen molar-refractivity contribution in [3.63, 3.8) is 0 Å². The first kappa shape index (κ1) is 36.3. The monoisotopic (exact) mass is 692 g/mol. The molecule has 8 unspecified atom stereocenters. The van der Waals surface area contributed by atoms with Crippen molar-refractivity contribution >= 4 is 45.6 Å². The number of nitrogens with zero attached hydrogens (tertiary/aromatic N) is 1. The van der Waals surface area contributed by atoms with Gasteiger partial charge in [-0.3, -0.25) is 24.5 Å². The van der Waals surface area contributed by atoms with Crippen molar-refractivity contribution in [2.24, 2.45) is 16.6 Å². The Morgan fingerprint density at radius 3 is 2.58 bits per heavy atom. The average Bonchev–Trinajstić information content (AvgIpc) is 3.73. The molecule has 0 radical (unpaired) electrons. The number of hydrogen-bond donors (Lipinski definition) is 3. The number of halogens is 1. The van der Waals surface area contributed by atoms with Crippen LogP contribution in [0.25, 0.3) is 0 Å². The van der Waals surface area contributed by atoms with Crippen molar-refractivity contribution < 1.29 is 38.1 Å². The number of carbonyl (C=O) groups excluding carboxylic acids is 4. The lowest BCUT2D eigenvalue weighted by molar-refractivity contribution is -0.143. The summed E-state index contributed by atoms with van der Waals surface area (Å²) in [6.07, 6.45) is 9.29. The maximum absolute atomic E-state index is 12.5. The van der Waals surface area contributed by atoms with Gasteiger partial charge in [0.05, 0.1) is 48.8 Å². The van der Waals surface area contributed by atoms with Gasteiger partial charge in [0, 0.05) is 19.4 Å². The maximum atomic E-state index is 12.5. The second-order valence-corrected chi connectivity index (χ2v) is 12.5. The third-order valence-electron chi connectivity index (χ3n) is 7.97. The minimum atomic E-state index is -0.515. The fourth-order valence-electron chi connectivity index (χ4n) is 5.42. The summed E-state index contributed by atoms with van der Waals surface area (Å²) in [5, 5.41) is 5.36. The van der Waals surface area contributed by atoms with E-state index in [0.717, 1.165) is 17.6 Å². The highest BCUT2D eigenvalue weighted by Crippen LogP contribution is 2.46. The van der Waals surface area contributed by atoms with Gasteiger partial charge in [-0.2, -0.15) is 4.99 Å². The van der Waals surface area contributed by atoms with E-state index in [2.05, 4.69) is 51.1 Å². The lowest BCUT2D eigenvalue weighted by Crippen LogP contribution is -2.50. The predicted octanol–water partition coefficient (Wildman–Crippen LogP) is 2.91. The second-order valence-electron chi connectivity index (χ2n) is 11.9. The number of guanidine groups is 1. The van der Waals surface area contributed by atoms with Crippen molar-refractivity contribution in [2.75, 3.05) is 11.9 Å². The van der Waals surface area contributed by atoms with E-state index in [0.29, 0.717) is 19.4 Å². The molecule has 1 spiro atoms. The predicted molar refractivity (Wildman–Crippen MR) is 172 cm³/mol. The number of nitrogens with one attached hydrogen (secondary N) is 2. The molecule has 0 saturated carbocycles. The first-order chi connectivity index (χ1) is 21.2. The van der Waals surface area contributed by atoms with Crippen LogP contribution < -0.4 is 16.4 Å². The van der Waals surface area contributed by atoms with E-state index in [4.69, 9.17) is 24.7 Å². The Morgan fingerprint density at radius 1 is 1.22 bits per heavy atom. The molecular formula is C32H45BrN4O8. The third-order valence-corrected chi connectivity index (χ3v) is 8.48. The Kier molecular flexibility index (Phi) is 13.3. The molecule has 8 atom stereocenters. The largest absolute Gasteiger partial charge is 0.459 e. The number of allylic oxidation sites excluding steroid dienone is 2. The van der Waals surface area contributed by atoms with E-state index < -0.39 is 41.7 Å². The number of esters is 1. The van der Waals surface area contributed by atoms with Crippen molar-refractivity contribution in [2.45, 2.75) is 102 Å². The van der Waals surface area contributed by atoms with Crippen LogP contribution in [0, 0.1) is 5.92 Å². The number of ether oxygens (including phenoxy) is 4. The van der Waals surface area contributed by atoms with Gasteiger partial charge in [0.2, 0.25) is 17.8 Å². The van der Waals surface area contributed by atoms with Crippen molar-refractivity contribution in [3.8, 4) is 0 Å². The summed E-state index contributed by atoms with van der Waals surface area (Å²) in [5.41, 5.74) is 6.96. The highest BCUT2D eigenvalue weighted by Gasteiger charge is 2.54. The Balaban J connectivity index is 1.52. The summed E-state index contributed by atoms with van der Waals surface area (Å²) >= 11 is 3.01. The summed E-state index contributed by atoms with van der Waals surface area (Å²) in [6.45, 7) is 13.8. The molecule has 0 aliphatic carbocycles. The van der Waals surface area contributed by atoms with Crippen LogP contribution in [-0.4, -0.2) is 83.8 Å². The van der Waals surface area contributed by atoms with Gasteiger partial charge in [-0.1, -0.05) is 53.2 Å². The number of hydrogen-bond acceptors (Lipinski definition) is 8. The van der Waals surface area contributed by atoms with Crippen LogP contribution in [0.3, 0.4) is 0 Å². The number of carbonyl (C=O) groups is 4. The molecule has 248 valence electrons. The minimum absolute atomic E-state index is 0.0112. The van der Waals surface area contributed by atoms with Crippen LogP contribution in [0.15, 0.2) is 53.1 Å². The number of amides is 3. The molecule has 3 rings (SSSR count). The van der Waals surface area contributed by atoms with E-state index in [1.807, 2.05) is 26.0 Å². The van der Waals surface area contributed by atoms with Crippen LogP contribution in [0.4, 0.5) is 0 Å². The number of nitrogens with two attached hydrogens (primary N) is 1. The van der Waals surface area contributed by atoms with Crippen LogP contribution in [0.2, 0.25) is 0 Å². The van der Waals surface area contributed by atoms with Gasteiger partial charge >= 0.3 is 5.97 Å². The smallest absolute Gasteiger partial charge is 0.303 e. The van der Waals surface area contributed by atoms with Crippen LogP contribution >= 0.6 is 15.9 Å². The van der Waals surface area contributed by atoms with Crippen LogP contribution in [0.5, 0.6) is 0 Å². The van der Waals surface area contributed by atoms with E-state index >= 15 is 0 Å². The normalized spacial score (nSPS) is 31.2. The molecule has 0 aromatic heterocycles. The molecule has 3 aliphatic rings. The SMILES string of the molecule is C=C1C(C=CC(C)=CCC2OC(C)C(NC(=O)C=CC(C)OC(C)=O)CC2C)OC(CC(=O)N=C(N)NC(=O)CBr)CC12CO2. The summed E-state index contributed by atoms with van der Waals surface area (Å²) < 4.78 is 23.2. The van der Waals surface area contributed by atoms with E-state index in [1.165, 1.54) is 13.0 Å². The fraction of sp³-hybridized carbons (Fsp3) is 0.594. The maximum Gasteiger partial charge on any atom is 0.303 e. The molecule has 0 bridgehead atoms. The molecule has 3 amide bonds. The molecule has 12 nitrogen and oxygen atoms in total. The minimum Gasteiger partial charge on any atom is -0.459 e. The van der Waals surface area contributed by atoms with Gasteiger partial charge in [0.1, 0.15) is 11.7 Å². The quantitative estimate of drug-likeness (QED) is 0.0430. The van der Waals surface area contributed by atoms with E-state index in [1.54, 1.807) is 13.0 Å². The van der Waals surface area contributed by atoms with Crippen molar-refractivity contribution in [3.05, 3.63) is 48.1 Å². The summed E-state index contributed by atoms with van der Waals surface area (Å²) in [6, 6.07) is -0.135. The Hall–Kier alpha value is -3.13. The molecule has 45 heavy (non-hydrogen) atoms. The van der Waals surface area contributed by atoms with Gasteiger partial charge in [-0.05, 0) is 51.2 Å². The molecule has 0 aromatic carbocycles. The zero-order valence-electron chi connectivity index (χ0n) is 26.5. The number of rotatable bonds is 11. The van der Waals surface area contributed by atoms with Gasteiger partial charge < -0.3 is 30.0 Å². The number of alkyl halides is 1. The zero-order chi connectivity index (χ0) is 33.3. The molecule has 3 fully saturated rings. The van der Waals surface area contributed by atoms with Crippen LogP contribution in [0.1, 0.15) is 60.3 Å². The van der Waals surface area contributed by atoms with Crippen molar-refractivity contribution in [1.82, 2.24) is 10.6 Å². The fourth-order valence-corrected chi connectivity index (χ4v) is 5.56. The van der Waals surface area contributed by atoms with Gasteiger partial charge in [-0.25, -0.2) is 0 Å². The van der Waals surface area contributed by atoms with Gasteiger partial charge in [0.15, 0.2) is 0 Å². The standard InChI is InChI=1S/C32H45BrN4O8/c1-18(7-10-26-19(2)13-25(22(5)44-26)35-28(39)12-9-20(3)43-23(6)38)8-11-27-21(4)32(17-42-32)15-24(45-27)14-29(40)36-31(34)37-30(41)16-33/h7-9,11-12,19-20,22,24-27H,4,10,13-17H2,1-3,5-6H3,(H,35,39)(H3,34,36,37,40,41). The summed E-state index contributed by atoms with van der Waals surface area (Å²) in [4.78, 5) is 51.1. The van der Waals surface area contributed by atoms with Crippen LogP contribution in [-0.2, 0) is 38.1 Å². The summed E-state index contributed by atoms with van der Waals surface area (Å²) in [5.74, 6) is -1.62. The third kappa shape index (κ3) is 11.3. The molecule has 3 heterocycles. The Bertz CT molecular complexity index is 1260. The second kappa shape index (κ2) is 16.4. The van der Waals surface area contributed by atoms with Gasteiger partial charge in [0.25, 0.3) is 5.91 Å². The highest BCUT2D eigenvalue weighted by molar-refractivity contribution is 9.09. The molecule has 0 aromatic rings. The number of aliphatic imine (C=N–C) groups is 1. The molecule has 13 heteroatoms. The topological polar surface area (TPSA) is 171 Å². The number of epoxide rings is 1. The Labute approximate surface area is 273 Å². The average molecular weight is 694 g/mol. The first-order valence-electron chi connectivity index (χ1n) is 15.1. The zero-order valence-corrected chi connectivity index (χ0v) is 28.1. The molecular weight excluding hydrogens is 648 g/mol. The van der Waals surface area contributed by atoms with Crippen molar-refractivity contribution in [1.29, 1.82) is 0 Å². The van der Waals surface area contributed by atoms with E-state index in [9.17, 15) is 19.2 Å². The molecule has 3 saturated heterocycles. The highest BCUT2D eigenvalue weighted by atomic mass is 79.9. The summed E-state index contributed by atoms with van der Waals surface area (Å²) in [7, 11) is 0. The van der Waals surface area contributed by atoms with Gasteiger partial charge in [-0.15, -0.1) is 0 Å². The Morgan fingerprint density at radius 2 is 1.93 bits per heavy atom.